The molecule has 1 atom stereocenters. The Morgan fingerprint density at radius 3 is 2.75 bits per heavy atom. The second-order valence-corrected chi connectivity index (χ2v) is 6.98. The van der Waals surface area contributed by atoms with E-state index in [2.05, 4.69) is 36.5 Å². The number of halogens is 1. The monoisotopic (exact) mass is 507 g/mol. The molecule has 0 aromatic carbocycles. The topological polar surface area (TPSA) is 72.7 Å². The van der Waals surface area contributed by atoms with Crippen LogP contribution in [-0.4, -0.2) is 55.3 Å². The quantitative estimate of drug-likeness (QED) is 0.209. The van der Waals surface area contributed by atoms with Crippen LogP contribution < -0.4 is 10.6 Å². The molecule has 7 nitrogen and oxygen atoms in total. The predicted molar refractivity (Wildman–Crippen MR) is 125 cm³/mol. The summed E-state index contributed by atoms with van der Waals surface area (Å²) in [6.07, 6.45) is 4.00. The van der Waals surface area contributed by atoms with Crippen LogP contribution in [0.25, 0.3) is 0 Å². The smallest absolute Gasteiger partial charge is 0.191 e. The first-order valence-electron chi connectivity index (χ1n) is 10.4. The molecule has 0 radical (unpaired) electrons. The molecule has 1 saturated heterocycles. The van der Waals surface area contributed by atoms with E-state index in [1.807, 2.05) is 11.7 Å². The van der Waals surface area contributed by atoms with Gasteiger partial charge in [0.2, 0.25) is 0 Å². The van der Waals surface area contributed by atoms with E-state index in [1.54, 1.807) is 0 Å². The number of nitrogens with zero attached hydrogens (tertiary/aromatic N) is 3. The highest BCUT2D eigenvalue weighted by atomic mass is 127. The lowest BCUT2D eigenvalue weighted by molar-refractivity contribution is 0.0888. The summed E-state index contributed by atoms with van der Waals surface area (Å²) in [6.45, 7) is 12.1. The standard InChI is InChI=1S/C20H37N5O2.HI/c1-5-18-17(19(6-2)25(4)24-18)13-23-20(21-7-3)22-10-8-11-26-14-16-9-12-27-15-16;/h16H,5-15H2,1-4H3,(H2,21,22,23);1H. The van der Waals surface area contributed by atoms with E-state index in [0.717, 1.165) is 76.9 Å². The molecule has 1 aliphatic heterocycles. The van der Waals surface area contributed by atoms with Crippen molar-refractivity contribution in [3.8, 4) is 0 Å². The third kappa shape index (κ3) is 7.87. The van der Waals surface area contributed by atoms with Crippen molar-refractivity contribution in [2.75, 3.05) is 39.5 Å². The second-order valence-electron chi connectivity index (χ2n) is 6.98. The Morgan fingerprint density at radius 2 is 2.11 bits per heavy atom. The minimum atomic E-state index is 0. The largest absolute Gasteiger partial charge is 0.381 e. The molecule has 1 unspecified atom stereocenters. The third-order valence-corrected chi connectivity index (χ3v) is 4.90. The Morgan fingerprint density at radius 1 is 1.29 bits per heavy atom. The highest BCUT2D eigenvalue weighted by Gasteiger charge is 2.15. The van der Waals surface area contributed by atoms with Crippen LogP contribution in [0, 0.1) is 5.92 Å². The van der Waals surface area contributed by atoms with Crippen LogP contribution in [0.15, 0.2) is 4.99 Å². The lowest BCUT2D eigenvalue weighted by Gasteiger charge is -2.12. The molecule has 0 amide bonds. The molecule has 0 aliphatic carbocycles. The number of nitrogens with one attached hydrogen (secondary N) is 2. The van der Waals surface area contributed by atoms with E-state index in [-0.39, 0.29) is 24.0 Å². The van der Waals surface area contributed by atoms with Gasteiger partial charge in [0.1, 0.15) is 0 Å². The number of hydrogen-bond acceptors (Lipinski definition) is 4. The van der Waals surface area contributed by atoms with Gasteiger partial charge in [-0.3, -0.25) is 4.68 Å². The van der Waals surface area contributed by atoms with Gasteiger partial charge in [0, 0.05) is 50.5 Å². The maximum absolute atomic E-state index is 5.76. The van der Waals surface area contributed by atoms with Gasteiger partial charge in [0.15, 0.2) is 5.96 Å². The van der Waals surface area contributed by atoms with Crippen molar-refractivity contribution in [3.05, 3.63) is 17.0 Å². The fraction of sp³-hybridized carbons (Fsp3) is 0.800. The van der Waals surface area contributed by atoms with Crippen LogP contribution in [0.2, 0.25) is 0 Å². The molecule has 2 rings (SSSR count). The van der Waals surface area contributed by atoms with Crippen molar-refractivity contribution < 1.29 is 9.47 Å². The summed E-state index contributed by atoms with van der Waals surface area (Å²) in [5, 5.41) is 11.4. The molecule has 1 aromatic rings. The summed E-state index contributed by atoms with van der Waals surface area (Å²) in [6, 6.07) is 0. The maximum atomic E-state index is 5.76. The zero-order chi connectivity index (χ0) is 19.5. The van der Waals surface area contributed by atoms with Crippen LogP contribution >= 0.6 is 24.0 Å². The van der Waals surface area contributed by atoms with Gasteiger partial charge in [0.25, 0.3) is 0 Å². The summed E-state index contributed by atoms with van der Waals surface area (Å²) in [5.41, 5.74) is 3.69. The average Bonchev–Trinajstić information content (AvgIpc) is 3.29. The highest BCUT2D eigenvalue weighted by Crippen LogP contribution is 2.16. The molecular weight excluding hydrogens is 469 g/mol. The van der Waals surface area contributed by atoms with Gasteiger partial charge in [-0.2, -0.15) is 5.10 Å². The number of aryl methyl sites for hydroxylation is 2. The van der Waals surface area contributed by atoms with Crippen LogP contribution in [0.3, 0.4) is 0 Å². The number of guanidine groups is 1. The van der Waals surface area contributed by atoms with Crippen molar-refractivity contribution in [1.82, 2.24) is 20.4 Å². The van der Waals surface area contributed by atoms with Crippen molar-refractivity contribution in [2.24, 2.45) is 18.0 Å². The number of rotatable bonds is 11. The van der Waals surface area contributed by atoms with Crippen LogP contribution in [0.5, 0.6) is 0 Å². The Hall–Kier alpha value is -0.870. The Kier molecular flexibility index (Phi) is 12.7. The van der Waals surface area contributed by atoms with Crippen molar-refractivity contribution >= 4 is 29.9 Å². The number of aromatic nitrogens is 2. The molecular formula is C20H38IN5O2. The van der Waals surface area contributed by atoms with Gasteiger partial charge in [-0.25, -0.2) is 4.99 Å². The minimum absolute atomic E-state index is 0. The summed E-state index contributed by atoms with van der Waals surface area (Å²) in [7, 11) is 2.02. The first kappa shape index (κ1) is 25.2. The molecule has 1 fully saturated rings. The Labute approximate surface area is 187 Å². The summed E-state index contributed by atoms with van der Waals surface area (Å²) < 4.78 is 13.1. The molecule has 0 spiro atoms. The van der Waals surface area contributed by atoms with Gasteiger partial charge in [0.05, 0.1) is 25.5 Å². The number of ether oxygens (including phenoxy) is 2. The van der Waals surface area contributed by atoms with Crippen LogP contribution in [-0.2, 0) is 35.9 Å². The number of aliphatic imine (C=N–C) groups is 1. The van der Waals surface area contributed by atoms with Crippen LogP contribution in [0.1, 0.15) is 50.6 Å². The van der Waals surface area contributed by atoms with Gasteiger partial charge < -0.3 is 20.1 Å². The van der Waals surface area contributed by atoms with E-state index in [1.165, 1.54) is 11.3 Å². The second kappa shape index (κ2) is 14.2. The summed E-state index contributed by atoms with van der Waals surface area (Å²) in [5.74, 6) is 1.44. The molecule has 0 bridgehead atoms. The number of hydrogen-bond donors (Lipinski definition) is 2. The maximum Gasteiger partial charge on any atom is 0.191 e. The molecule has 162 valence electrons. The molecule has 0 saturated carbocycles. The summed E-state index contributed by atoms with van der Waals surface area (Å²) in [4.78, 5) is 4.78. The normalized spacial score (nSPS) is 16.9. The van der Waals surface area contributed by atoms with E-state index in [0.29, 0.717) is 12.5 Å². The van der Waals surface area contributed by atoms with Gasteiger partial charge in [-0.05, 0) is 32.6 Å². The first-order valence-corrected chi connectivity index (χ1v) is 10.4. The van der Waals surface area contributed by atoms with Gasteiger partial charge >= 0.3 is 0 Å². The molecule has 1 aromatic heterocycles. The first-order chi connectivity index (χ1) is 13.2. The minimum Gasteiger partial charge on any atom is -0.381 e. The fourth-order valence-corrected chi connectivity index (χ4v) is 3.42. The molecule has 1 aliphatic rings. The lowest BCUT2D eigenvalue weighted by Crippen LogP contribution is -2.38. The SMILES string of the molecule is CCNC(=NCc1c(CC)nn(C)c1CC)NCCCOCC1CCOC1.I. The fourth-order valence-electron chi connectivity index (χ4n) is 3.42. The Balaban J connectivity index is 0.00000392. The van der Waals surface area contributed by atoms with Crippen molar-refractivity contribution in [2.45, 2.75) is 53.0 Å². The third-order valence-electron chi connectivity index (χ3n) is 4.90. The van der Waals surface area contributed by atoms with Gasteiger partial charge in [-0.1, -0.05) is 13.8 Å². The zero-order valence-corrected chi connectivity index (χ0v) is 20.3. The van der Waals surface area contributed by atoms with E-state index in [9.17, 15) is 0 Å². The van der Waals surface area contributed by atoms with Crippen molar-refractivity contribution in [1.29, 1.82) is 0 Å². The predicted octanol–water partition coefficient (Wildman–Crippen LogP) is 2.66. The molecule has 2 heterocycles. The Bertz CT molecular complexity index is 585. The molecule has 8 heteroatoms. The molecule has 2 N–H and O–H groups in total. The summed E-state index contributed by atoms with van der Waals surface area (Å²) >= 11 is 0. The van der Waals surface area contributed by atoms with E-state index >= 15 is 0 Å². The molecule has 28 heavy (non-hydrogen) atoms. The zero-order valence-electron chi connectivity index (χ0n) is 17.9. The average molecular weight is 507 g/mol. The highest BCUT2D eigenvalue weighted by molar-refractivity contribution is 14.0. The van der Waals surface area contributed by atoms with E-state index in [4.69, 9.17) is 14.5 Å². The van der Waals surface area contributed by atoms with E-state index < -0.39 is 0 Å². The lowest BCUT2D eigenvalue weighted by atomic mass is 10.1. The van der Waals surface area contributed by atoms with Crippen LogP contribution in [0.4, 0.5) is 0 Å². The van der Waals surface area contributed by atoms with Crippen molar-refractivity contribution in [3.63, 3.8) is 0 Å². The van der Waals surface area contributed by atoms with Gasteiger partial charge in [-0.15, -0.1) is 24.0 Å².